The summed E-state index contributed by atoms with van der Waals surface area (Å²) >= 11 is 0. The molecule has 1 aliphatic carbocycles. The van der Waals surface area contributed by atoms with Crippen LogP contribution < -0.4 is 0 Å². The summed E-state index contributed by atoms with van der Waals surface area (Å²) in [5.74, 6) is 0.742. The highest BCUT2D eigenvalue weighted by Gasteiger charge is 2.16. The maximum absolute atomic E-state index is 2.44. The van der Waals surface area contributed by atoms with Crippen molar-refractivity contribution in [3.63, 3.8) is 0 Å². The minimum Gasteiger partial charge on any atom is -0.0879 e. The minimum absolute atomic E-state index is 0.742. The molecule has 0 aliphatic heterocycles. The predicted molar refractivity (Wildman–Crippen MR) is 82.7 cm³/mol. The first-order valence-corrected chi connectivity index (χ1v) is 7.41. The van der Waals surface area contributed by atoms with E-state index < -0.39 is 0 Å². The number of allylic oxidation sites excluding steroid dienone is 8. The molecule has 0 amide bonds. The van der Waals surface area contributed by atoms with E-state index in [0.717, 1.165) is 5.92 Å². The lowest BCUT2D eigenvalue weighted by Gasteiger charge is -2.05. The standard InChI is InChI=1S/C18H28/c1-4-11-16(5-2)12-8-7-9-13-18-15-10-14-17(18)6-3/h4-6,9,11,13,18H,7-8,10,12,14-15H2,1-3H3/b11-4-,13-9+,16-5+,17-6-. The zero-order chi connectivity index (χ0) is 13.2. The van der Waals surface area contributed by atoms with Crippen molar-refractivity contribution in [2.75, 3.05) is 0 Å². The van der Waals surface area contributed by atoms with Gasteiger partial charge < -0.3 is 0 Å². The third-order valence-electron chi connectivity index (χ3n) is 3.78. The topological polar surface area (TPSA) is 0 Å². The number of unbranched alkanes of at least 4 members (excludes halogenated alkanes) is 1. The van der Waals surface area contributed by atoms with Gasteiger partial charge in [0.25, 0.3) is 0 Å². The van der Waals surface area contributed by atoms with E-state index in [0.29, 0.717) is 0 Å². The Morgan fingerprint density at radius 1 is 1.28 bits per heavy atom. The van der Waals surface area contributed by atoms with Crippen molar-refractivity contribution in [1.82, 2.24) is 0 Å². The smallest absolute Gasteiger partial charge is 0.00233 e. The summed E-state index contributed by atoms with van der Waals surface area (Å²) in [6.45, 7) is 6.39. The molecule has 0 heterocycles. The fraction of sp³-hybridized carbons (Fsp3) is 0.556. The molecule has 0 radical (unpaired) electrons. The minimum atomic E-state index is 0.742. The van der Waals surface area contributed by atoms with Crippen LogP contribution in [0.2, 0.25) is 0 Å². The predicted octanol–water partition coefficient (Wildman–Crippen LogP) is 5.98. The van der Waals surface area contributed by atoms with Crippen molar-refractivity contribution in [3.8, 4) is 0 Å². The van der Waals surface area contributed by atoms with E-state index in [4.69, 9.17) is 0 Å². The van der Waals surface area contributed by atoms with Crippen LogP contribution in [0.3, 0.4) is 0 Å². The van der Waals surface area contributed by atoms with E-state index in [9.17, 15) is 0 Å². The lowest BCUT2D eigenvalue weighted by molar-refractivity contribution is 0.755. The number of rotatable bonds is 6. The van der Waals surface area contributed by atoms with Gasteiger partial charge in [0, 0.05) is 0 Å². The van der Waals surface area contributed by atoms with Gasteiger partial charge >= 0.3 is 0 Å². The molecule has 0 aromatic rings. The molecule has 1 fully saturated rings. The van der Waals surface area contributed by atoms with E-state index in [1.54, 1.807) is 5.57 Å². The van der Waals surface area contributed by atoms with Gasteiger partial charge in [0.15, 0.2) is 0 Å². The maximum Gasteiger partial charge on any atom is -0.00233 e. The molecular formula is C18H28. The zero-order valence-corrected chi connectivity index (χ0v) is 12.3. The molecular weight excluding hydrogens is 216 g/mol. The Morgan fingerprint density at radius 2 is 2.11 bits per heavy atom. The normalized spacial score (nSPS) is 23.8. The quantitative estimate of drug-likeness (QED) is 0.306. The number of hydrogen-bond acceptors (Lipinski definition) is 0. The second-order valence-corrected chi connectivity index (χ2v) is 5.05. The van der Waals surface area contributed by atoms with Crippen LogP contribution in [-0.2, 0) is 0 Å². The molecule has 0 heteroatoms. The highest BCUT2D eigenvalue weighted by molar-refractivity contribution is 5.18. The summed E-state index contributed by atoms with van der Waals surface area (Å²) in [5.41, 5.74) is 3.11. The Hall–Kier alpha value is -1.04. The highest BCUT2D eigenvalue weighted by Crippen LogP contribution is 2.31. The Labute approximate surface area is 113 Å². The molecule has 1 saturated carbocycles. The molecule has 1 rings (SSSR count). The van der Waals surface area contributed by atoms with Crippen LogP contribution in [0.4, 0.5) is 0 Å². The van der Waals surface area contributed by atoms with Crippen LogP contribution >= 0.6 is 0 Å². The first-order valence-electron chi connectivity index (χ1n) is 7.41. The highest BCUT2D eigenvalue weighted by atomic mass is 14.2. The number of hydrogen-bond donors (Lipinski definition) is 0. The molecule has 18 heavy (non-hydrogen) atoms. The van der Waals surface area contributed by atoms with E-state index in [1.165, 1.54) is 44.1 Å². The van der Waals surface area contributed by atoms with Crippen molar-refractivity contribution < 1.29 is 0 Å². The van der Waals surface area contributed by atoms with E-state index in [-0.39, 0.29) is 0 Å². The fourth-order valence-corrected chi connectivity index (χ4v) is 2.70. The second-order valence-electron chi connectivity index (χ2n) is 5.05. The Morgan fingerprint density at radius 3 is 2.78 bits per heavy atom. The molecule has 0 bridgehead atoms. The summed E-state index contributed by atoms with van der Waals surface area (Å²) in [6.07, 6.45) is 21.4. The zero-order valence-electron chi connectivity index (χ0n) is 12.3. The monoisotopic (exact) mass is 244 g/mol. The molecule has 0 aromatic heterocycles. The Balaban J connectivity index is 2.25. The molecule has 1 atom stereocenters. The maximum atomic E-state index is 2.44. The van der Waals surface area contributed by atoms with E-state index in [1.807, 2.05) is 0 Å². The summed E-state index contributed by atoms with van der Waals surface area (Å²) in [5, 5.41) is 0. The van der Waals surface area contributed by atoms with Crippen LogP contribution in [0.1, 0.15) is 59.3 Å². The third-order valence-corrected chi connectivity index (χ3v) is 3.78. The summed E-state index contributed by atoms with van der Waals surface area (Å²) < 4.78 is 0. The average Bonchev–Trinajstić information content (AvgIpc) is 2.84. The first-order chi connectivity index (χ1) is 8.81. The fourth-order valence-electron chi connectivity index (χ4n) is 2.70. The lowest BCUT2D eigenvalue weighted by Crippen LogP contribution is -1.90. The molecule has 0 spiro atoms. The van der Waals surface area contributed by atoms with E-state index in [2.05, 4.69) is 57.2 Å². The van der Waals surface area contributed by atoms with Gasteiger partial charge in [-0.3, -0.25) is 0 Å². The Bertz CT molecular complexity index is 339. The molecule has 1 unspecified atom stereocenters. The van der Waals surface area contributed by atoms with Crippen molar-refractivity contribution in [1.29, 1.82) is 0 Å². The van der Waals surface area contributed by atoms with Crippen molar-refractivity contribution in [2.45, 2.75) is 59.3 Å². The van der Waals surface area contributed by atoms with Crippen LogP contribution in [0.5, 0.6) is 0 Å². The van der Waals surface area contributed by atoms with Gasteiger partial charge in [-0.2, -0.15) is 0 Å². The van der Waals surface area contributed by atoms with Gasteiger partial charge in [-0.05, 0) is 65.2 Å². The van der Waals surface area contributed by atoms with Gasteiger partial charge in [0.2, 0.25) is 0 Å². The third kappa shape index (κ3) is 5.08. The first kappa shape index (κ1) is 15.0. The SMILES string of the molecule is C/C=C\C(=C/C)CCC/C=C/C1CCC/C1=C/C. The van der Waals surface area contributed by atoms with Gasteiger partial charge in [-0.15, -0.1) is 0 Å². The van der Waals surface area contributed by atoms with Crippen LogP contribution in [0.25, 0.3) is 0 Å². The summed E-state index contributed by atoms with van der Waals surface area (Å²) in [6, 6.07) is 0. The molecule has 0 aromatic carbocycles. The van der Waals surface area contributed by atoms with Crippen LogP contribution in [0, 0.1) is 5.92 Å². The van der Waals surface area contributed by atoms with Crippen molar-refractivity contribution in [2.24, 2.45) is 5.92 Å². The van der Waals surface area contributed by atoms with Gasteiger partial charge in [-0.25, -0.2) is 0 Å². The van der Waals surface area contributed by atoms with Crippen molar-refractivity contribution >= 4 is 0 Å². The van der Waals surface area contributed by atoms with Gasteiger partial charge in [-0.1, -0.05) is 47.6 Å². The largest absolute Gasteiger partial charge is 0.0879 e. The molecule has 0 saturated heterocycles. The Kier molecular flexibility index (Phi) is 7.48. The summed E-state index contributed by atoms with van der Waals surface area (Å²) in [7, 11) is 0. The molecule has 1 aliphatic rings. The average molecular weight is 244 g/mol. The molecule has 0 nitrogen and oxygen atoms in total. The van der Waals surface area contributed by atoms with Crippen LogP contribution in [0.15, 0.2) is 47.6 Å². The second kappa shape index (κ2) is 8.97. The lowest BCUT2D eigenvalue weighted by atomic mass is 10.0. The molecule has 0 N–H and O–H groups in total. The van der Waals surface area contributed by atoms with Gasteiger partial charge in [0.1, 0.15) is 0 Å². The molecule has 100 valence electrons. The van der Waals surface area contributed by atoms with E-state index >= 15 is 0 Å². The summed E-state index contributed by atoms with van der Waals surface area (Å²) in [4.78, 5) is 0. The van der Waals surface area contributed by atoms with Crippen LogP contribution in [-0.4, -0.2) is 0 Å². The van der Waals surface area contributed by atoms with Gasteiger partial charge in [0.05, 0.1) is 0 Å². The van der Waals surface area contributed by atoms with Crippen molar-refractivity contribution in [3.05, 3.63) is 47.6 Å².